The Labute approximate surface area is 152 Å². The first-order chi connectivity index (χ1) is 12.3. The standard InChI is InChI=1S/C23H22.C2H6/c1-17-19-12-6-7-13-20(16-19)23(18-10-4-2-3-5-11-18)22-15-9-8-14-21(17)22;1-2/h2-4,6-15,19-20H,5,16H2,1H3;1-2H3. The van der Waals surface area contributed by atoms with Crippen LogP contribution in [0.3, 0.4) is 0 Å². The van der Waals surface area contributed by atoms with Gasteiger partial charge < -0.3 is 0 Å². The number of hydrogen-bond donors (Lipinski definition) is 0. The van der Waals surface area contributed by atoms with Gasteiger partial charge in [0.2, 0.25) is 0 Å². The molecule has 3 aliphatic rings. The van der Waals surface area contributed by atoms with Crippen molar-refractivity contribution in [1.29, 1.82) is 0 Å². The van der Waals surface area contributed by atoms with Crippen molar-refractivity contribution >= 4 is 11.1 Å². The first-order valence-corrected chi connectivity index (χ1v) is 9.53. The highest BCUT2D eigenvalue weighted by molar-refractivity contribution is 5.74. The van der Waals surface area contributed by atoms with E-state index in [0.29, 0.717) is 11.8 Å². The summed E-state index contributed by atoms with van der Waals surface area (Å²) in [6, 6.07) is 8.93. The van der Waals surface area contributed by atoms with Gasteiger partial charge in [-0.2, -0.15) is 0 Å². The van der Waals surface area contributed by atoms with Crippen LogP contribution in [0.25, 0.3) is 11.1 Å². The summed E-state index contributed by atoms with van der Waals surface area (Å²) < 4.78 is 0. The molecule has 128 valence electrons. The molecule has 0 amide bonds. The Kier molecular flexibility index (Phi) is 5.71. The Morgan fingerprint density at radius 3 is 2.36 bits per heavy atom. The molecule has 1 aromatic rings. The van der Waals surface area contributed by atoms with Crippen LogP contribution >= 0.6 is 0 Å². The third-order valence-corrected chi connectivity index (χ3v) is 5.18. The molecule has 0 aliphatic heterocycles. The van der Waals surface area contributed by atoms with Crippen LogP contribution in [0.1, 0.15) is 33.6 Å². The van der Waals surface area contributed by atoms with Crippen molar-refractivity contribution in [2.24, 2.45) is 11.8 Å². The minimum absolute atomic E-state index is 0.475. The average molecular weight is 328 g/mol. The third-order valence-electron chi connectivity index (χ3n) is 5.18. The smallest absolute Gasteiger partial charge is 0.00417 e. The molecule has 0 saturated heterocycles. The molecule has 0 heteroatoms. The van der Waals surface area contributed by atoms with Crippen LogP contribution in [0, 0.1) is 11.8 Å². The van der Waals surface area contributed by atoms with E-state index in [0.717, 1.165) is 6.42 Å². The van der Waals surface area contributed by atoms with Gasteiger partial charge in [-0.3, -0.25) is 0 Å². The Balaban J connectivity index is 0.000000880. The summed E-state index contributed by atoms with van der Waals surface area (Å²) in [5, 5.41) is 2.83. The molecule has 0 saturated carbocycles. The summed E-state index contributed by atoms with van der Waals surface area (Å²) in [4.78, 5) is 0. The van der Waals surface area contributed by atoms with Gasteiger partial charge in [0.15, 0.2) is 0 Å². The lowest BCUT2D eigenvalue weighted by atomic mass is 9.84. The van der Waals surface area contributed by atoms with Crippen LogP contribution in [0.2, 0.25) is 0 Å². The highest BCUT2D eigenvalue weighted by Crippen LogP contribution is 2.35. The molecule has 1 aromatic carbocycles. The van der Waals surface area contributed by atoms with E-state index >= 15 is 0 Å². The van der Waals surface area contributed by atoms with E-state index in [1.807, 2.05) is 13.8 Å². The quantitative estimate of drug-likeness (QED) is 0.661. The number of benzene rings is 1. The van der Waals surface area contributed by atoms with Gasteiger partial charge in [0.25, 0.3) is 0 Å². The SMILES string of the molecule is CC.CC1=c2ccccc2=C(C2=CCC=CC=C2)C2C=CC=CC1C2. The normalized spacial score (nSPS) is 23.7. The summed E-state index contributed by atoms with van der Waals surface area (Å²) in [7, 11) is 0. The van der Waals surface area contributed by atoms with Crippen LogP contribution in [0.4, 0.5) is 0 Å². The maximum atomic E-state index is 2.38. The zero-order valence-corrected chi connectivity index (χ0v) is 15.6. The molecule has 2 atom stereocenters. The van der Waals surface area contributed by atoms with Crippen molar-refractivity contribution in [1.82, 2.24) is 0 Å². The van der Waals surface area contributed by atoms with Crippen LogP contribution in [-0.4, -0.2) is 0 Å². The molecular formula is C25H28. The lowest BCUT2D eigenvalue weighted by Crippen LogP contribution is -2.29. The number of fused-ring (bicyclic) bond motifs is 3. The Bertz CT molecular complexity index is 884. The highest BCUT2D eigenvalue weighted by atomic mass is 14.3. The molecule has 0 aromatic heterocycles. The van der Waals surface area contributed by atoms with Gasteiger partial charge in [0.1, 0.15) is 0 Å². The number of hydrogen-bond acceptors (Lipinski definition) is 0. The van der Waals surface area contributed by atoms with Gasteiger partial charge in [0, 0.05) is 5.92 Å². The second-order valence-electron chi connectivity index (χ2n) is 6.54. The fourth-order valence-electron chi connectivity index (χ4n) is 3.97. The predicted molar refractivity (Wildman–Crippen MR) is 110 cm³/mol. The van der Waals surface area contributed by atoms with Gasteiger partial charge in [-0.25, -0.2) is 0 Å². The van der Waals surface area contributed by atoms with E-state index in [1.54, 1.807) is 0 Å². The van der Waals surface area contributed by atoms with Gasteiger partial charge >= 0.3 is 0 Å². The molecule has 4 rings (SSSR count). The minimum atomic E-state index is 0.475. The Morgan fingerprint density at radius 1 is 0.840 bits per heavy atom. The topological polar surface area (TPSA) is 0 Å². The molecule has 3 aliphatic carbocycles. The van der Waals surface area contributed by atoms with Crippen molar-refractivity contribution in [3.63, 3.8) is 0 Å². The Hall–Kier alpha value is -2.34. The molecule has 25 heavy (non-hydrogen) atoms. The van der Waals surface area contributed by atoms with Crippen molar-refractivity contribution in [2.75, 3.05) is 0 Å². The maximum absolute atomic E-state index is 2.38. The molecule has 2 bridgehead atoms. The van der Waals surface area contributed by atoms with Crippen molar-refractivity contribution < 1.29 is 0 Å². The first-order valence-electron chi connectivity index (χ1n) is 9.53. The van der Waals surface area contributed by atoms with Crippen molar-refractivity contribution in [2.45, 2.75) is 33.6 Å². The molecule has 0 radical (unpaired) electrons. The lowest BCUT2D eigenvalue weighted by molar-refractivity contribution is 0.653. The lowest BCUT2D eigenvalue weighted by Gasteiger charge is -2.19. The second-order valence-corrected chi connectivity index (χ2v) is 6.54. The molecule has 0 spiro atoms. The van der Waals surface area contributed by atoms with Gasteiger partial charge in [-0.1, -0.05) is 98.4 Å². The van der Waals surface area contributed by atoms with Crippen LogP contribution in [0.5, 0.6) is 0 Å². The Morgan fingerprint density at radius 2 is 1.56 bits per heavy atom. The first kappa shape index (κ1) is 17.5. The molecule has 0 nitrogen and oxygen atoms in total. The molecular weight excluding hydrogens is 300 g/mol. The monoisotopic (exact) mass is 328 g/mol. The fourth-order valence-corrected chi connectivity index (χ4v) is 3.97. The van der Waals surface area contributed by atoms with Gasteiger partial charge in [-0.15, -0.1) is 0 Å². The van der Waals surface area contributed by atoms with Gasteiger partial charge in [-0.05, 0) is 47.3 Å². The van der Waals surface area contributed by atoms with E-state index in [2.05, 4.69) is 85.9 Å². The van der Waals surface area contributed by atoms with Crippen LogP contribution in [-0.2, 0) is 0 Å². The average Bonchev–Trinajstić information content (AvgIpc) is 3.10. The zero-order chi connectivity index (χ0) is 17.6. The largest absolute Gasteiger partial charge is 0.0807 e. The predicted octanol–water partition coefficient (Wildman–Crippen LogP) is 5.24. The van der Waals surface area contributed by atoms with Crippen molar-refractivity contribution in [3.05, 3.63) is 95.0 Å². The molecule has 0 heterocycles. The summed E-state index contributed by atoms with van der Waals surface area (Å²) in [6.07, 6.45) is 22.6. The van der Waals surface area contributed by atoms with Crippen LogP contribution < -0.4 is 10.4 Å². The van der Waals surface area contributed by atoms with E-state index in [1.165, 1.54) is 33.6 Å². The number of allylic oxidation sites excluding steroid dienone is 10. The fraction of sp³-hybridized carbons (Fsp3) is 0.280. The number of rotatable bonds is 1. The molecule has 0 N–H and O–H groups in total. The van der Waals surface area contributed by atoms with E-state index in [9.17, 15) is 0 Å². The van der Waals surface area contributed by atoms with Gasteiger partial charge in [0.05, 0.1) is 0 Å². The summed E-state index contributed by atoms with van der Waals surface area (Å²) in [5.74, 6) is 1.00. The summed E-state index contributed by atoms with van der Waals surface area (Å²) in [6.45, 7) is 6.30. The highest BCUT2D eigenvalue weighted by Gasteiger charge is 2.24. The second kappa shape index (κ2) is 8.16. The molecule has 2 unspecified atom stereocenters. The van der Waals surface area contributed by atoms with Crippen molar-refractivity contribution in [3.8, 4) is 0 Å². The van der Waals surface area contributed by atoms with Crippen LogP contribution in [0.15, 0.2) is 84.5 Å². The third kappa shape index (κ3) is 3.54. The van der Waals surface area contributed by atoms with E-state index in [-0.39, 0.29) is 0 Å². The summed E-state index contributed by atoms with van der Waals surface area (Å²) >= 11 is 0. The minimum Gasteiger partial charge on any atom is -0.0807 e. The zero-order valence-electron chi connectivity index (χ0n) is 15.6. The molecule has 0 fully saturated rings. The maximum Gasteiger partial charge on any atom is 0.00417 e. The summed E-state index contributed by atoms with van der Waals surface area (Å²) in [5.41, 5.74) is 4.37. The van der Waals surface area contributed by atoms with E-state index < -0.39 is 0 Å². The van der Waals surface area contributed by atoms with E-state index in [4.69, 9.17) is 0 Å².